The van der Waals surface area contributed by atoms with Crippen LogP contribution >= 0.6 is 11.3 Å². The van der Waals surface area contributed by atoms with E-state index < -0.39 is 6.10 Å². The maximum Gasteiger partial charge on any atom is 0.266 e. The number of aromatic nitrogens is 3. The molecule has 2 aromatic carbocycles. The number of nitrogens with one attached hydrogen (secondary N) is 1. The predicted molar refractivity (Wildman–Crippen MR) is 126 cm³/mol. The molecule has 0 unspecified atom stereocenters. The van der Waals surface area contributed by atoms with Crippen LogP contribution < -0.4 is 14.8 Å². The van der Waals surface area contributed by atoms with E-state index in [-0.39, 0.29) is 5.91 Å². The van der Waals surface area contributed by atoms with Crippen molar-refractivity contribution in [2.24, 2.45) is 0 Å². The van der Waals surface area contributed by atoms with Gasteiger partial charge in [-0.2, -0.15) is 9.78 Å². The highest BCUT2D eigenvalue weighted by Crippen LogP contribution is 2.28. The van der Waals surface area contributed by atoms with Crippen LogP contribution in [-0.2, 0) is 4.79 Å². The number of thiazole rings is 1. The van der Waals surface area contributed by atoms with E-state index >= 15 is 0 Å². The molecule has 4 aromatic rings. The third kappa shape index (κ3) is 4.97. The lowest BCUT2D eigenvalue weighted by molar-refractivity contribution is -0.122. The van der Waals surface area contributed by atoms with Gasteiger partial charge in [-0.3, -0.25) is 4.79 Å². The molecule has 32 heavy (non-hydrogen) atoms. The van der Waals surface area contributed by atoms with Gasteiger partial charge in [0.2, 0.25) is 5.13 Å². The van der Waals surface area contributed by atoms with Gasteiger partial charge in [0.15, 0.2) is 6.10 Å². The molecule has 2 heterocycles. The number of anilines is 1. The van der Waals surface area contributed by atoms with E-state index in [1.54, 1.807) is 11.6 Å². The monoisotopic (exact) mass is 448 g/mol. The second kappa shape index (κ2) is 9.65. The molecule has 1 atom stereocenters. The van der Waals surface area contributed by atoms with Crippen LogP contribution in [0.4, 0.5) is 5.82 Å². The smallest absolute Gasteiger partial charge is 0.266 e. The molecular formula is C24H24N4O3S. The summed E-state index contributed by atoms with van der Waals surface area (Å²) >= 11 is 1.45. The van der Waals surface area contributed by atoms with E-state index in [2.05, 4.69) is 10.4 Å². The van der Waals surface area contributed by atoms with E-state index in [0.29, 0.717) is 23.3 Å². The Morgan fingerprint density at radius 3 is 2.59 bits per heavy atom. The van der Waals surface area contributed by atoms with Crippen LogP contribution in [0.25, 0.3) is 16.4 Å². The number of nitrogens with zero attached hydrogens (tertiary/aromatic N) is 3. The number of rotatable bonds is 8. The number of amides is 1. The first-order chi connectivity index (χ1) is 15.5. The molecule has 0 aliphatic heterocycles. The highest BCUT2D eigenvalue weighted by atomic mass is 32.1. The molecule has 0 aliphatic carbocycles. The average molecular weight is 449 g/mol. The Hall–Kier alpha value is -3.65. The number of carbonyl (C=O) groups is 1. The lowest BCUT2D eigenvalue weighted by Crippen LogP contribution is -2.30. The third-order valence-electron chi connectivity index (χ3n) is 4.64. The standard InChI is InChI=1S/C24H24N4O3S/c1-4-30-19-12-10-18(11-13-19)21-15-32-24(25-21)28-22(14-16(2)27-28)26-23(29)17(3)31-20-8-6-5-7-9-20/h5-15,17H,4H2,1-3H3,(H,26,29)/t17-/m1/s1. The van der Waals surface area contributed by atoms with Gasteiger partial charge in [-0.1, -0.05) is 18.2 Å². The second-order valence-corrected chi connectivity index (χ2v) is 7.95. The minimum atomic E-state index is -0.670. The van der Waals surface area contributed by atoms with Gasteiger partial charge in [-0.05, 0) is 57.2 Å². The van der Waals surface area contributed by atoms with Gasteiger partial charge in [0.1, 0.15) is 17.3 Å². The van der Waals surface area contributed by atoms with Crippen molar-refractivity contribution >= 4 is 23.1 Å². The van der Waals surface area contributed by atoms with E-state index in [9.17, 15) is 4.79 Å². The fraction of sp³-hybridized carbons (Fsp3) is 0.208. The zero-order valence-electron chi connectivity index (χ0n) is 18.1. The number of hydrogen-bond acceptors (Lipinski definition) is 6. The molecule has 7 nitrogen and oxygen atoms in total. The molecule has 1 amide bonds. The SMILES string of the molecule is CCOc1ccc(-c2csc(-n3nc(C)cc3NC(=O)[C@@H](C)Oc3ccccc3)n2)cc1. The Morgan fingerprint density at radius 1 is 1.12 bits per heavy atom. The van der Waals surface area contributed by atoms with E-state index in [1.165, 1.54) is 11.3 Å². The maximum atomic E-state index is 12.7. The summed E-state index contributed by atoms with van der Waals surface area (Å²) < 4.78 is 12.9. The highest BCUT2D eigenvalue weighted by molar-refractivity contribution is 7.12. The molecular weight excluding hydrogens is 424 g/mol. The summed E-state index contributed by atoms with van der Waals surface area (Å²) in [6.07, 6.45) is -0.670. The van der Waals surface area contributed by atoms with Crippen LogP contribution in [0.1, 0.15) is 19.5 Å². The number of aryl methyl sites for hydroxylation is 1. The molecule has 0 spiro atoms. The van der Waals surface area contributed by atoms with Crippen molar-refractivity contribution in [3.63, 3.8) is 0 Å². The van der Waals surface area contributed by atoms with E-state index in [0.717, 1.165) is 22.7 Å². The molecule has 0 radical (unpaired) electrons. The quantitative estimate of drug-likeness (QED) is 0.405. The molecule has 2 aromatic heterocycles. The van der Waals surface area contributed by atoms with Crippen LogP contribution in [0.2, 0.25) is 0 Å². The Labute approximate surface area is 190 Å². The minimum absolute atomic E-state index is 0.265. The predicted octanol–water partition coefficient (Wildman–Crippen LogP) is 5.11. The summed E-state index contributed by atoms with van der Waals surface area (Å²) in [6, 6.07) is 18.9. The summed E-state index contributed by atoms with van der Waals surface area (Å²) in [5.74, 6) is 1.74. The Balaban J connectivity index is 1.50. The summed E-state index contributed by atoms with van der Waals surface area (Å²) in [7, 11) is 0. The van der Waals surface area contributed by atoms with Crippen molar-refractivity contribution < 1.29 is 14.3 Å². The summed E-state index contributed by atoms with van der Waals surface area (Å²) in [5, 5.41) is 10.0. The minimum Gasteiger partial charge on any atom is -0.494 e. The Morgan fingerprint density at radius 2 is 1.88 bits per heavy atom. The summed E-state index contributed by atoms with van der Waals surface area (Å²) in [4.78, 5) is 17.4. The first kappa shape index (κ1) is 21.6. The van der Waals surface area contributed by atoms with Crippen molar-refractivity contribution in [3.05, 3.63) is 71.7 Å². The van der Waals surface area contributed by atoms with E-state index in [1.807, 2.05) is 79.9 Å². The van der Waals surface area contributed by atoms with Crippen molar-refractivity contribution in [2.75, 3.05) is 11.9 Å². The van der Waals surface area contributed by atoms with Gasteiger partial charge >= 0.3 is 0 Å². The van der Waals surface area contributed by atoms with Crippen LogP contribution in [-0.4, -0.2) is 33.4 Å². The molecule has 0 fully saturated rings. The molecule has 8 heteroatoms. The Kier molecular flexibility index (Phi) is 6.51. The molecule has 0 bridgehead atoms. The highest BCUT2D eigenvalue weighted by Gasteiger charge is 2.19. The van der Waals surface area contributed by atoms with Crippen molar-refractivity contribution in [1.82, 2.24) is 14.8 Å². The third-order valence-corrected chi connectivity index (χ3v) is 5.46. The van der Waals surface area contributed by atoms with Gasteiger partial charge in [0.05, 0.1) is 18.0 Å². The zero-order chi connectivity index (χ0) is 22.5. The molecule has 164 valence electrons. The Bertz CT molecular complexity index is 1190. The molecule has 0 saturated carbocycles. The first-order valence-corrected chi connectivity index (χ1v) is 11.2. The lowest BCUT2D eigenvalue weighted by atomic mass is 10.2. The van der Waals surface area contributed by atoms with Gasteiger partial charge in [0.25, 0.3) is 5.91 Å². The van der Waals surface area contributed by atoms with Crippen LogP contribution in [0, 0.1) is 6.92 Å². The lowest BCUT2D eigenvalue weighted by Gasteiger charge is -2.14. The number of ether oxygens (including phenoxy) is 2. The maximum absolute atomic E-state index is 12.7. The zero-order valence-corrected chi connectivity index (χ0v) is 18.9. The summed E-state index contributed by atoms with van der Waals surface area (Å²) in [6.45, 7) is 6.17. The average Bonchev–Trinajstić information content (AvgIpc) is 3.42. The number of benzene rings is 2. The van der Waals surface area contributed by atoms with E-state index in [4.69, 9.17) is 14.5 Å². The van der Waals surface area contributed by atoms with Gasteiger partial charge in [0, 0.05) is 17.0 Å². The van der Waals surface area contributed by atoms with Gasteiger partial charge in [-0.15, -0.1) is 11.3 Å². The molecule has 0 aliphatic rings. The van der Waals surface area contributed by atoms with Crippen LogP contribution in [0.15, 0.2) is 66.0 Å². The van der Waals surface area contributed by atoms with Crippen molar-refractivity contribution in [2.45, 2.75) is 26.9 Å². The largest absolute Gasteiger partial charge is 0.494 e. The second-order valence-electron chi connectivity index (χ2n) is 7.12. The summed E-state index contributed by atoms with van der Waals surface area (Å²) in [5.41, 5.74) is 2.59. The fourth-order valence-corrected chi connectivity index (χ4v) is 3.90. The van der Waals surface area contributed by atoms with Gasteiger partial charge < -0.3 is 14.8 Å². The van der Waals surface area contributed by atoms with Crippen molar-refractivity contribution in [3.8, 4) is 27.9 Å². The normalized spacial score (nSPS) is 11.7. The van der Waals surface area contributed by atoms with Gasteiger partial charge in [-0.25, -0.2) is 4.98 Å². The molecule has 0 saturated heterocycles. The molecule has 4 rings (SSSR count). The first-order valence-electron chi connectivity index (χ1n) is 10.3. The molecule has 1 N–H and O–H groups in total. The number of carbonyl (C=O) groups excluding carboxylic acids is 1. The fourth-order valence-electron chi connectivity index (χ4n) is 3.10. The topological polar surface area (TPSA) is 78.3 Å². The number of para-hydroxylation sites is 1. The van der Waals surface area contributed by atoms with Crippen LogP contribution in [0.3, 0.4) is 0 Å². The number of hydrogen-bond donors (Lipinski definition) is 1. The van der Waals surface area contributed by atoms with Crippen LogP contribution in [0.5, 0.6) is 11.5 Å². The van der Waals surface area contributed by atoms with Crippen molar-refractivity contribution in [1.29, 1.82) is 0 Å².